The lowest BCUT2D eigenvalue weighted by atomic mass is 9.90. The number of methoxy groups -OCH3 is 1. The van der Waals surface area contributed by atoms with Gasteiger partial charge in [0.1, 0.15) is 12.4 Å². The van der Waals surface area contributed by atoms with Gasteiger partial charge in [-0.05, 0) is 56.0 Å². The maximum absolute atomic E-state index is 13.7. The van der Waals surface area contributed by atoms with E-state index in [-0.39, 0.29) is 12.4 Å². The van der Waals surface area contributed by atoms with Crippen LogP contribution >= 0.6 is 0 Å². The van der Waals surface area contributed by atoms with E-state index in [2.05, 4.69) is 4.74 Å². The highest BCUT2D eigenvalue weighted by molar-refractivity contribution is 5.96. The van der Waals surface area contributed by atoms with Crippen LogP contribution in [0.1, 0.15) is 37.7 Å². The lowest BCUT2D eigenvalue weighted by Gasteiger charge is -2.25. The van der Waals surface area contributed by atoms with Crippen molar-refractivity contribution >= 4 is 23.4 Å². The number of hydrogen-bond donors (Lipinski definition) is 1. The first kappa shape index (κ1) is 24.3. The van der Waals surface area contributed by atoms with Crippen molar-refractivity contribution in [3.05, 3.63) is 59.9 Å². The number of anilines is 2. The molecule has 1 amide bonds. The number of carbonyl (C=O) groups excluding carboxylic acids is 1. The first-order chi connectivity index (χ1) is 14.9. The zero-order chi connectivity index (χ0) is 22.6. The Hall–Kier alpha value is -2.93. The average molecular weight is 432 g/mol. The number of carboxylic acids is 1. The number of aliphatic carboxylic acids is 1. The number of halogens is 1. The molecular weight excluding hydrogens is 401 g/mol. The third-order valence-electron chi connectivity index (χ3n) is 4.98. The maximum atomic E-state index is 13.7. The number of hydrogen-bond acceptors (Lipinski definition) is 4. The smallest absolute Gasteiger partial charge is 0.418 e. The number of carboxylic acid groups (broad SMARTS) is 1. The van der Waals surface area contributed by atoms with Gasteiger partial charge in [-0.1, -0.05) is 43.0 Å². The zero-order valence-corrected chi connectivity index (χ0v) is 18.1. The zero-order valence-electron chi connectivity index (χ0n) is 18.1. The summed E-state index contributed by atoms with van der Waals surface area (Å²) in [4.78, 5) is 23.7. The predicted molar refractivity (Wildman–Crippen MR) is 117 cm³/mol. The van der Waals surface area contributed by atoms with E-state index in [4.69, 9.17) is 9.84 Å². The summed E-state index contributed by atoms with van der Waals surface area (Å²) in [6, 6.07) is 13.6. The van der Waals surface area contributed by atoms with Crippen molar-refractivity contribution in [2.45, 2.75) is 39.0 Å². The largest absolute Gasteiger partial charge is 0.480 e. The normalized spacial score (nSPS) is 13.6. The molecule has 31 heavy (non-hydrogen) atoms. The Labute approximate surface area is 182 Å². The van der Waals surface area contributed by atoms with Crippen molar-refractivity contribution in [1.29, 1.82) is 0 Å². The van der Waals surface area contributed by atoms with Crippen molar-refractivity contribution in [2.75, 3.05) is 25.2 Å². The van der Waals surface area contributed by atoms with Gasteiger partial charge in [0.15, 0.2) is 0 Å². The van der Waals surface area contributed by atoms with E-state index in [0.29, 0.717) is 23.9 Å². The van der Waals surface area contributed by atoms with Gasteiger partial charge in [-0.25, -0.2) is 18.9 Å². The maximum Gasteiger partial charge on any atom is 0.418 e. The number of amides is 1. The molecule has 1 aliphatic rings. The van der Waals surface area contributed by atoms with Crippen LogP contribution in [0.5, 0.6) is 0 Å². The molecule has 7 heteroatoms. The van der Waals surface area contributed by atoms with E-state index in [1.165, 1.54) is 43.4 Å². The number of aryl methyl sites for hydroxylation is 1. The van der Waals surface area contributed by atoms with Crippen LogP contribution in [0.4, 0.5) is 20.6 Å². The fourth-order valence-corrected chi connectivity index (χ4v) is 3.40. The standard InChI is InChI=1S/C21H24FNO2.C3H6O3/c1-16-10-12-19(13-11-16)23(20-9-5-8-18(22)14-20)21(24)25-15-17-6-3-2-4-7-17;1-6-2-3(4)5/h5,8-14,17H,2-4,6-7,15H2,1H3;2H2,1H3,(H,4,5). The Balaban J connectivity index is 0.000000501. The molecule has 3 rings (SSSR count). The molecule has 0 spiro atoms. The van der Waals surface area contributed by atoms with Gasteiger partial charge in [0.2, 0.25) is 0 Å². The Morgan fingerprint density at radius 2 is 1.74 bits per heavy atom. The van der Waals surface area contributed by atoms with Gasteiger partial charge < -0.3 is 14.6 Å². The summed E-state index contributed by atoms with van der Waals surface area (Å²) in [5.41, 5.74) is 2.24. The number of carbonyl (C=O) groups is 2. The molecular formula is C24H30FNO5. The molecule has 1 aliphatic carbocycles. The van der Waals surface area contributed by atoms with Crippen LogP contribution in [-0.2, 0) is 14.3 Å². The molecule has 0 atom stereocenters. The molecule has 0 heterocycles. The summed E-state index contributed by atoms with van der Waals surface area (Å²) < 4.78 is 23.5. The minimum atomic E-state index is -0.933. The molecule has 1 fully saturated rings. The first-order valence-corrected chi connectivity index (χ1v) is 10.4. The topological polar surface area (TPSA) is 76.1 Å². The van der Waals surface area contributed by atoms with Crippen molar-refractivity contribution in [2.24, 2.45) is 5.92 Å². The number of nitrogens with zero attached hydrogens (tertiary/aromatic N) is 1. The van der Waals surface area contributed by atoms with Gasteiger partial charge in [0.05, 0.1) is 18.0 Å². The van der Waals surface area contributed by atoms with E-state index in [9.17, 15) is 14.0 Å². The second-order valence-electron chi connectivity index (χ2n) is 7.56. The van der Waals surface area contributed by atoms with E-state index in [0.717, 1.165) is 18.4 Å². The van der Waals surface area contributed by atoms with Crippen LogP contribution in [0.3, 0.4) is 0 Å². The molecule has 1 saturated carbocycles. The third-order valence-corrected chi connectivity index (χ3v) is 4.98. The molecule has 2 aromatic carbocycles. The predicted octanol–water partition coefficient (Wildman–Crippen LogP) is 5.71. The second-order valence-corrected chi connectivity index (χ2v) is 7.56. The number of benzene rings is 2. The quantitative estimate of drug-likeness (QED) is 0.634. The molecule has 0 bridgehead atoms. The highest BCUT2D eigenvalue weighted by atomic mass is 19.1. The third kappa shape index (κ3) is 8.38. The van der Waals surface area contributed by atoms with Gasteiger partial charge in [-0.3, -0.25) is 0 Å². The van der Waals surface area contributed by atoms with Crippen LogP contribution in [-0.4, -0.2) is 37.5 Å². The Morgan fingerprint density at radius 1 is 1.06 bits per heavy atom. The van der Waals surface area contributed by atoms with E-state index >= 15 is 0 Å². The Bertz CT molecular complexity index is 834. The Kier molecular flexibility index (Phi) is 9.97. The minimum absolute atomic E-state index is 0.208. The molecule has 1 N–H and O–H groups in total. The number of ether oxygens (including phenoxy) is 2. The fourth-order valence-electron chi connectivity index (χ4n) is 3.40. The lowest BCUT2D eigenvalue weighted by Crippen LogP contribution is -2.29. The minimum Gasteiger partial charge on any atom is -0.480 e. The fraction of sp³-hybridized carbons (Fsp3) is 0.417. The summed E-state index contributed by atoms with van der Waals surface area (Å²) >= 11 is 0. The van der Waals surface area contributed by atoms with Gasteiger partial charge in [0, 0.05) is 7.11 Å². The van der Waals surface area contributed by atoms with Gasteiger partial charge in [-0.2, -0.15) is 0 Å². The molecule has 0 aliphatic heterocycles. The molecule has 2 aromatic rings. The molecule has 0 radical (unpaired) electrons. The van der Waals surface area contributed by atoms with Crippen molar-refractivity contribution in [3.63, 3.8) is 0 Å². The summed E-state index contributed by atoms with van der Waals surface area (Å²) in [6.45, 7) is 2.20. The molecule has 0 unspecified atom stereocenters. The summed E-state index contributed by atoms with van der Waals surface area (Å²) in [6.07, 6.45) is 5.43. The van der Waals surface area contributed by atoms with Crippen molar-refractivity contribution < 1.29 is 28.6 Å². The van der Waals surface area contributed by atoms with Crippen molar-refractivity contribution in [3.8, 4) is 0 Å². The lowest BCUT2D eigenvalue weighted by molar-refractivity contribution is -0.141. The van der Waals surface area contributed by atoms with Gasteiger partial charge in [-0.15, -0.1) is 0 Å². The highest BCUT2D eigenvalue weighted by Crippen LogP contribution is 2.29. The van der Waals surface area contributed by atoms with Crippen LogP contribution in [0.15, 0.2) is 48.5 Å². The van der Waals surface area contributed by atoms with Crippen LogP contribution < -0.4 is 4.90 Å². The first-order valence-electron chi connectivity index (χ1n) is 10.4. The molecule has 168 valence electrons. The SMILES string of the molecule is COCC(=O)O.Cc1ccc(N(C(=O)OCC2CCCCC2)c2cccc(F)c2)cc1. The Morgan fingerprint density at radius 3 is 2.29 bits per heavy atom. The van der Waals surface area contributed by atoms with Gasteiger partial charge in [0.25, 0.3) is 0 Å². The molecule has 0 saturated heterocycles. The second kappa shape index (κ2) is 12.7. The molecule has 6 nitrogen and oxygen atoms in total. The van der Waals surface area contributed by atoms with Crippen LogP contribution in [0.25, 0.3) is 0 Å². The summed E-state index contributed by atoms with van der Waals surface area (Å²) in [5, 5.41) is 7.79. The van der Waals surface area contributed by atoms with Crippen LogP contribution in [0.2, 0.25) is 0 Å². The van der Waals surface area contributed by atoms with E-state index in [1.54, 1.807) is 12.1 Å². The molecule has 0 aromatic heterocycles. The van der Waals surface area contributed by atoms with E-state index < -0.39 is 12.1 Å². The monoisotopic (exact) mass is 431 g/mol. The average Bonchev–Trinajstić information content (AvgIpc) is 2.75. The van der Waals surface area contributed by atoms with Crippen molar-refractivity contribution in [1.82, 2.24) is 0 Å². The van der Waals surface area contributed by atoms with Crippen LogP contribution in [0, 0.1) is 18.7 Å². The summed E-state index contributed by atoms with van der Waals surface area (Å²) in [5.74, 6) is -0.878. The van der Waals surface area contributed by atoms with Gasteiger partial charge >= 0.3 is 12.1 Å². The number of rotatable bonds is 6. The van der Waals surface area contributed by atoms with E-state index in [1.807, 2.05) is 31.2 Å². The summed E-state index contributed by atoms with van der Waals surface area (Å²) in [7, 11) is 1.34. The highest BCUT2D eigenvalue weighted by Gasteiger charge is 2.22.